The van der Waals surface area contributed by atoms with Gasteiger partial charge in [-0.2, -0.15) is 0 Å². The van der Waals surface area contributed by atoms with Gasteiger partial charge in [0, 0.05) is 19.5 Å². The van der Waals surface area contributed by atoms with Gasteiger partial charge in [-0.05, 0) is 49.4 Å². The fourth-order valence-corrected chi connectivity index (χ4v) is 5.44. The average molecular weight is 623 g/mol. The van der Waals surface area contributed by atoms with Crippen molar-refractivity contribution in [2.75, 3.05) is 46.6 Å². The molecule has 4 N–H and O–H groups in total. The smallest absolute Gasteiger partial charge is 0.246 e. The highest BCUT2D eigenvalue weighted by Crippen LogP contribution is 2.38. The molecule has 45 heavy (non-hydrogen) atoms. The summed E-state index contributed by atoms with van der Waals surface area (Å²) in [5, 5.41) is 19.4. The molecule has 5 rings (SSSR count). The Bertz CT molecular complexity index is 1350. The Morgan fingerprint density at radius 1 is 0.889 bits per heavy atom. The molecule has 4 atom stereocenters. The molecule has 0 unspecified atom stereocenters. The Balaban J connectivity index is 1.34. The number of Topliss-reactive ketones (excluding diaryl/α,β-unsaturated/α-hetero) is 1. The van der Waals surface area contributed by atoms with Gasteiger partial charge < -0.3 is 35.3 Å². The van der Waals surface area contributed by atoms with Crippen LogP contribution in [0.5, 0.6) is 5.75 Å². The minimum absolute atomic E-state index is 0.0586. The van der Waals surface area contributed by atoms with Crippen LogP contribution >= 0.6 is 0 Å². The molecule has 2 aromatic carbocycles. The van der Waals surface area contributed by atoms with Crippen LogP contribution in [0.3, 0.4) is 0 Å². The van der Waals surface area contributed by atoms with Gasteiger partial charge in [-0.1, -0.05) is 42.5 Å². The van der Waals surface area contributed by atoms with E-state index in [-0.39, 0.29) is 31.8 Å². The summed E-state index contributed by atoms with van der Waals surface area (Å²) in [6.07, 6.45) is 1.01. The van der Waals surface area contributed by atoms with E-state index in [1.807, 2.05) is 35.2 Å². The van der Waals surface area contributed by atoms with E-state index in [1.165, 1.54) is 0 Å². The predicted molar refractivity (Wildman–Crippen MR) is 163 cm³/mol. The highest BCUT2D eigenvalue weighted by Gasteiger charge is 2.53. The van der Waals surface area contributed by atoms with Crippen LogP contribution in [0.4, 0.5) is 0 Å². The molecule has 3 amide bonds. The van der Waals surface area contributed by atoms with Crippen molar-refractivity contribution in [3.05, 3.63) is 65.7 Å². The van der Waals surface area contributed by atoms with Gasteiger partial charge in [0.15, 0.2) is 5.78 Å². The lowest BCUT2D eigenvalue weighted by atomic mass is 9.94. The second-order valence-electron chi connectivity index (χ2n) is 12.2. The number of ketones is 1. The fraction of sp³-hybridized carbons (Fsp3) is 0.515. The molecule has 3 aliphatic rings. The number of nitrogens with one attached hydrogen (secondary N) is 3. The van der Waals surface area contributed by atoms with E-state index in [1.54, 1.807) is 38.3 Å². The molecule has 2 aromatic rings. The van der Waals surface area contributed by atoms with E-state index in [9.17, 15) is 24.3 Å². The van der Waals surface area contributed by atoms with Gasteiger partial charge in [0.25, 0.3) is 0 Å². The van der Waals surface area contributed by atoms with Crippen molar-refractivity contribution in [2.24, 2.45) is 0 Å². The monoisotopic (exact) mass is 622 g/mol. The Labute approximate surface area is 262 Å². The predicted octanol–water partition coefficient (Wildman–Crippen LogP) is 0.150. The van der Waals surface area contributed by atoms with Crippen LogP contribution in [0.2, 0.25) is 0 Å². The number of carbonyl (C=O) groups is 4. The molecule has 3 fully saturated rings. The van der Waals surface area contributed by atoms with Crippen molar-refractivity contribution in [3.8, 4) is 5.75 Å². The van der Waals surface area contributed by atoms with E-state index in [0.29, 0.717) is 44.9 Å². The number of ether oxygens (including phenoxy) is 3. The first kappa shape index (κ1) is 32.6. The Morgan fingerprint density at radius 2 is 1.49 bits per heavy atom. The fourth-order valence-electron chi connectivity index (χ4n) is 5.44. The maximum Gasteiger partial charge on any atom is 0.246 e. The molecule has 0 spiro atoms. The third-order valence-corrected chi connectivity index (χ3v) is 8.58. The number of amides is 3. The molecule has 2 aliphatic heterocycles. The van der Waals surface area contributed by atoms with Crippen LogP contribution in [0.15, 0.2) is 54.6 Å². The molecule has 0 radical (unpaired) electrons. The van der Waals surface area contributed by atoms with Gasteiger partial charge in [-0.15, -0.1) is 0 Å². The first-order valence-electron chi connectivity index (χ1n) is 15.4. The zero-order valence-corrected chi connectivity index (χ0v) is 25.8. The summed E-state index contributed by atoms with van der Waals surface area (Å²) in [5.41, 5.74) is -0.796. The standard InChI is InChI=1S/C33H42N4O8/c1-32(21-45-32)29(39)25(18-22-6-4-3-5-7-22)34-30(40)26(19-23-8-10-24(43-2)11-9-23)35-31(41)28(33(42)12-13-33)36-27(38)20-37-14-16-44-17-15-37/h3-11,25-26,28,42H,12-21H2,1-2H3,(H,34,40)(H,35,41)(H,36,38)/t25-,26-,28+,32+/m0/s1. The second kappa shape index (κ2) is 14.1. The topological polar surface area (TPSA) is 159 Å². The van der Waals surface area contributed by atoms with Gasteiger partial charge in [0.1, 0.15) is 23.4 Å². The van der Waals surface area contributed by atoms with E-state index in [0.717, 1.165) is 11.1 Å². The highest BCUT2D eigenvalue weighted by atomic mass is 16.6. The third-order valence-electron chi connectivity index (χ3n) is 8.58. The maximum absolute atomic E-state index is 13.9. The molecule has 12 heteroatoms. The maximum atomic E-state index is 13.9. The van der Waals surface area contributed by atoms with Gasteiger partial charge in [0.2, 0.25) is 17.7 Å². The third kappa shape index (κ3) is 8.66. The lowest BCUT2D eigenvalue weighted by molar-refractivity contribution is -0.136. The molecule has 2 saturated heterocycles. The summed E-state index contributed by atoms with van der Waals surface area (Å²) >= 11 is 0. The zero-order chi connectivity index (χ0) is 32.0. The molecule has 12 nitrogen and oxygen atoms in total. The minimum atomic E-state index is -1.41. The lowest BCUT2D eigenvalue weighted by Gasteiger charge is -2.29. The molecular weight excluding hydrogens is 580 g/mol. The van der Waals surface area contributed by atoms with Gasteiger partial charge in [-0.25, -0.2) is 0 Å². The van der Waals surface area contributed by atoms with Crippen molar-refractivity contribution in [2.45, 2.75) is 61.9 Å². The van der Waals surface area contributed by atoms with Crippen molar-refractivity contribution < 1.29 is 38.5 Å². The van der Waals surface area contributed by atoms with Crippen LogP contribution in [0.25, 0.3) is 0 Å². The van der Waals surface area contributed by atoms with Crippen molar-refractivity contribution in [3.63, 3.8) is 0 Å². The molecule has 1 aliphatic carbocycles. The zero-order valence-electron chi connectivity index (χ0n) is 25.8. The Hall–Kier alpha value is -3.84. The lowest BCUT2D eigenvalue weighted by Crippen LogP contribution is -2.61. The van der Waals surface area contributed by atoms with Crippen molar-refractivity contribution in [1.29, 1.82) is 0 Å². The summed E-state index contributed by atoms with van der Waals surface area (Å²) in [7, 11) is 1.55. The van der Waals surface area contributed by atoms with Crippen LogP contribution in [0, 0.1) is 0 Å². The van der Waals surface area contributed by atoms with Crippen molar-refractivity contribution in [1.82, 2.24) is 20.9 Å². The number of aliphatic hydroxyl groups is 1. The molecule has 0 bridgehead atoms. The SMILES string of the molecule is COc1ccc(C[C@H](NC(=O)[C@@H](NC(=O)CN2CCOCC2)C2(O)CC2)C(=O)N[C@@H](Cc2ccccc2)C(=O)[C@@]2(C)CO2)cc1. The molecule has 1 saturated carbocycles. The second-order valence-corrected chi connectivity index (χ2v) is 12.2. The largest absolute Gasteiger partial charge is 0.497 e. The van der Waals surface area contributed by atoms with E-state index in [2.05, 4.69) is 16.0 Å². The molecule has 0 aromatic heterocycles. The Morgan fingerprint density at radius 3 is 2.09 bits per heavy atom. The molecular formula is C33H42N4O8. The van der Waals surface area contributed by atoms with Gasteiger partial charge in [0.05, 0.1) is 45.1 Å². The number of benzene rings is 2. The number of hydrogen-bond donors (Lipinski definition) is 4. The summed E-state index contributed by atoms with van der Waals surface area (Å²) < 4.78 is 16.0. The minimum Gasteiger partial charge on any atom is -0.497 e. The van der Waals surface area contributed by atoms with Crippen LogP contribution in [0.1, 0.15) is 30.9 Å². The molecule has 242 valence electrons. The number of methoxy groups -OCH3 is 1. The number of morpholine rings is 1. The first-order valence-corrected chi connectivity index (χ1v) is 15.4. The van der Waals surface area contributed by atoms with Gasteiger partial charge in [-0.3, -0.25) is 24.1 Å². The number of epoxide rings is 1. The van der Waals surface area contributed by atoms with Crippen molar-refractivity contribution >= 4 is 23.5 Å². The van der Waals surface area contributed by atoms with Crippen LogP contribution in [-0.2, 0) is 41.5 Å². The normalized spacial score (nSPS) is 22.3. The summed E-state index contributed by atoms with van der Waals surface area (Å²) in [6, 6.07) is 13.1. The first-order chi connectivity index (χ1) is 21.6. The number of carbonyl (C=O) groups excluding carboxylic acids is 4. The van der Waals surface area contributed by atoms with E-state index < -0.39 is 47.0 Å². The van der Waals surface area contributed by atoms with Crippen LogP contribution in [-0.4, -0.2) is 109 Å². The molecule has 2 heterocycles. The number of hydrogen-bond acceptors (Lipinski definition) is 9. The van der Waals surface area contributed by atoms with Crippen LogP contribution < -0.4 is 20.7 Å². The van der Waals surface area contributed by atoms with E-state index in [4.69, 9.17) is 14.2 Å². The summed E-state index contributed by atoms with van der Waals surface area (Å²) in [6.45, 7) is 4.23. The summed E-state index contributed by atoms with van der Waals surface area (Å²) in [4.78, 5) is 56.0. The van der Waals surface area contributed by atoms with E-state index >= 15 is 0 Å². The summed E-state index contributed by atoms with van der Waals surface area (Å²) in [5.74, 6) is -1.27. The quantitative estimate of drug-likeness (QED) is 0.203. The number of nitrogens with zero attached hydrogens (tertiary/aromatic N) is 1. The highest BCUT2D eigenvalue weighted by molar-refractivity contribution is 5.99. The Kier molecular flexibility index (Phi) is 10.2. The number of rotatable bonds is 15. The van der Waals surface area contributed by atoms with Gasteiger partial charge >= 0.3 is 0 Å². The average Bonchev–Trinajstić information content (AvgIpc) is 3.98.